The average Bonchev–Trinajstić information content (AvgIpc) is 2.70. The quantitative estimate of drug-likeness (QED) is 0.389. The zero-order valence-electron chi connectivity index (χ0n) is 14.7. The molecule has 0 saturated carbocycles. The first-order valence-electron chi connectivity index (χ1n) is 8.24. The van der Waals surface area contributed by atoms with Gasteiger partial charge < -0.3 is 9.47 Å². The molecule has 0 saturated heterocycles. The fraction of sp³-hybridized carbons (Fsp3) is 0.0952. The molecule has 6 heteroatoms. The van der Waals surface area contributed by atoms with Crippen LogP contribution in [-0.2, 0) is 6.61 Å². The van der Waals surface area contributed by atoms with E-state index in [0.29, 0.717) is 28.2 Å². The summed E-state index contributed by atoms with van der Waals surface area (Å²) < 4.78 is 11.3. The molecule has 0 spiro atoms. The van der Waals surface area contributed by atoms with Crippen LogP contribution in [0.5, 0.6) is 11.5 Å². The van der Waals surface area contributed by atoms with Crippen LogP contribution < -0.4 is 14.9 Å². The number of hydrazone groups is 1. The highest BCUT2D eigenvalue weighted by molar-refractivity contribution is 6.42. The molecule has 0 aliphatic heterocycles. The van der Waals surface area contributed by atoms with Crippen molar-refractivity contribution in [2.45, 2.75) is 6.61 Å². The molecule has 0 atom stereocenters. The highest BCUT2D eigenvalue weighted by atomic mass is 35.5. The van der Waals surface area contributed by atoms with Crippen LogP contribution in [0.15, 0.2) is 71.8 Å². The summed E-state index contributed by atoms with van der Waals surface area (Å²) in [4.78, 5) is 0. The lowest BCUT2D eigenvalue weighted by Gasteiger charge is -2.11. The first-order chi connectivity index (χ1) is 13.2. The molecule has 3 aromatic carbocycles. The Morgan fingerprint density at radius 2 is 1.74 bits per heavy atom. The van der Waals surface area contributed by atoms with E-state index in [4.69, 9.17) is 32.7 Å². The van der Waals surface area contributed by atoms with Crippen LogP contribution in [0.3, 0.4) is 0 Å². The fourth-order valence-electron chi connectivity index (χ4n) is 2.37. The minimum atomic E-state index is 0.458. The molecule has 0 aromatic heterocycles. The van der Waals surface area contributed by atoms with Crippen LogP contribution in [0.4, 0.5) is 5.69 Å². The lowest BCUT2D eigenvalue weighted by molar-refractivity contribution is 0.284. The van der Waals surface area contributed by atoms with Crippen LogP contribution in [0.2, 0.25) is 10.0 Å². The second-order valence-electron chi connectivity index (χ2n) is 5.68. The summed E-state index contributed by atoms with van der Waals surface area (Å²) in [6.45, 7) is 0.458. The first-order valence-corrected chi connectivity index (χ1v) is 9.00. The molecule has 0 amide bonds. The van der Waals surface area contributed by atoms with Crippen molar-refractivity contribution in [2.24, 2.45) is 5.10 Å². The molecular formula is C21H18Cl2N2O2. The van der Waals surface area contributed by atoms with Gasteiger partial charge in [0.2, 0.25) is 0 Å². The number of ether oxygens (including phenoxy) is 2. The lowest BCUT2D eigenvalue weighted by atomic mass is 10.2. The standard InChI is InChI=1S/C21H18Cl2N2O2/c1-26-20-10-7-16(11-21(20)27-14-15-5-3-2-4-6-15)13-24-25-17-8-9-18(22)19(23)12-17/h2-13,25H,14H2,1H3. The highest BCUT2D eigenvalue weighted by Gasteiger charge is 2.06. The monoisotopic (exact) mass is 400 g/mol. The molecular weight excluding hydrogens is 383 g/mol. The smallest absolute Gasteiger partial charge is 0.162 e. The normalized spacial score (nSPS) is 10.8. The first kappa shape index (κ1) is 19.1. The third-order valence-corrected chi connectivity index (χ3v) is 4.49. The Morgan fingerprint density at radius 3 is 2.48 bits per heavy atom. The van der Waals surface area contributed by atoms with Gasteiger partial charge in [0.05, 0.1) is 29.1 Å². The topological polar surface area (TPSA) is 42.8 Å². The Bertz CT molecular complexity index is 931. The lowest BCUT2D eigenvalue weighted by Crippen LogP contribution is -1.99. The maximum atomic E-state index is 5.99. The van der Waals surface area contributed by atoms with E-state index in [1.54, 1.807) is 31.5 Å². The van der Waals surface area contributed by atoms with E-state index in [0.717, 1.165) is 16.8 Å². The van der Waals surface area contributed by atoms with Crippen LogP contribution in [0.1, 0.15) is 11.1 Å². The van der Waals surface area contributed by atoms with Crippen molar-refractivity contribution < 1.29 is 9.47 Å². The van der Waals surface area contributed by atoms with E-state index < -0.39 is 0 Å². The van der Waals surface area contributed by atoms with Crippen LogP contribution in [0, 0.1) is 0 Å². The maximum absolute atomic E-state index is 5.99. The second kappa shape index (κ2) is 9.31. The van der Waals surface area contributed by atoms with Crippen molar-refractivity contribution >= 4 is 35.1 Å². The number of benzene rings is 3. The SMILES string of the molecule is COc1ccc(C=NNc2ccc(Cl)c(Cl)c2)cc1OCc1ccccc1. The molecule has 3 aromatic rings. The Balaban J connectivity index is 1.69. The van der Waals surface area contributed by atoms with Gasteiger partial charge in [0, 0.05) is 0 Å². The van der Waals surface area contributed by atoms with Crippen molar-refractivity contribution in [3.63, 3.8) is 0 Å². The predicted molar refractivity (Wildman–Crippen MR) is 111 cm³/mol. The van der Waals surface area contributed by atoms with Gasteiger partial charge in [-0.1, -0.05) is 53.5 Å². The summed E-state index contributed by atoms with van der Waals surface area (Å²) in [5, 5.41) is 5.20. The van der Waals surface area contributed by atoms with E-state index in [1.165, 1.54) is 0 Å². The summed E-state index contributed by atoms with van der Waals surface area (Å²) in [5.41, 5.74) is 5.62. The van der Waals surface area contributed by atoms with Gasteiger partial charge in [0.1, 0.15) is 6.61 Å². The van der Waals surface area contributed by atoms with Gasteiger partial charge in [-0.05, 0) is 47.5 Å². The summed E-state index contributed by atoms with van der Waals surface area (Å²) >= 11 is 11.9. The Morgan fingerprint density at radius 1 is 0.926 bits per heavy atom. The minimum absolute atomic E-state index is 0.458. The summed E-state index contributed by atoms with van der Waals surface area (Å²) in [7, 11) is 1.62. The van der Waals surface area contributed by atoms with Gasteiger partial charge in [0.25, 0.3) is 0 Å². The van der Waals surface area contributed by atoms with Crippen LogP contribution >= 0.6 is 23.2 Å². The molecule has 3 rings (SSSR count). The highest BCUT2D eigenvalue weighted by Crippen LogP contribution is 2.28. The molecule has 4 nitrogen and oxygen atoms in total. The molecule has 0 heterocycles. The van der Waals surface area contributed by atoms with Gasteiger partial charge >= 0.3 is 0 Å². The van der Waals surface area contributed by atoms with E-state index in [9.17, 15) is 0 Å². The van der Waals surface area contributed by atoms with Crippen molar-refractivity contribution in [1.82, 2.24) is 0 Å². The van der Waals surface area contributed by atoms with Crippen molar-refractivity contribution in [1.29, 1.82) is 0 Å². The third kappa shape index (κ3) is 5.39. The largest absolute Gasteiger partial charge is 0.493 e. The predicted octanol–water partition coefficient (Wildman–Crippen LogP) is 6.03. The maximum Gasteiger partial charge on any atom is 0.162 e. The van der Waals surface area contributed by atoms with Gasteiger partial charge in [-0.3, -0.25) is 5.43 Å². The number of hydrogen-bond acceptors (Lipinski definition) is 4. The molecule has 0 radical (unpaired) electrons. The fourth-order valence-corrected chi connectivity index (χ4v) is 2.67. The third-order valence-electron chi connectivity index (χ3n) is 3.75. The van der Waals surface area contributed by atoms with E-state index in [1.807, 2.05) is 48.5 Å². The molecule has 0 fully saturated rings. The van der Waals surface area contributed by atoms with Crippen molar-refractivity contribution in [3.8, 4) is 11.5 Å². The van der Waals surface area contributed by atoms with Crippen molar-refractivity contribution in [3.05, 3.63) is 87.9 Å². The zero-order chi connectivity index (χ0) is 19.1. The second-order valence-corrected chi connectivity index (χ2v) is 6.50. The minimum Gasteiger partial charge on any atom is -0.493 e. The number of nitrogens with zero attached hydrogens (tertiary/aromatic N) is 1. The molecule has 0 bridgehead atoms. The number of halogens is 2. The van der Waals surface area contributed by atoms with Gasteiger partial charge in [-0.15, -0.1) is 0 Å². The van der Waals surface area contributed by atoms with Gasteiger partial charge in [0.15, 0.2) is 11.5 Å². The average molecular weight is 401 g/mol. The summed E-state index contributed by atoms with van der Waals surface area (Å²) in [6, 6.07) is 20.8. The van der Waals surface area contributed by atoms with Gasteiger partial charge in [-0.2, -0.15) is 5.10 Å². The molecule has 27 heavy (non-hydrogen) atoms. The molecule has 0 aliphatic carbocycles. The molecule has 1 N–H and O–H groups in total. The number of anilines is 1. The van der Waals surface area contributed by atoms with Gasteiger partial charge in [-0.25, -0.2) is 0 Å². The Kier molecular flexibility index (Phi) is 6.58. The number of rotatable bonds is 7. The summed E-state index contributed by atoms with van der Waals surface area (Å²) in [6.07, 6.45) is 1.69. The van der Waals surface area contributed by atoms with E-state index in [2.05, 4.69) is 10.5 Å². The molecule has 0 aliphatic rings. The number of hydrogen-bond donors (Lipinski definition) is 1. The van der Waals surface area contributed by atoms with Crippen LogP contribution in [-0.4, -0.2) is 13.3 Å². The molecule has 138 valence electrons. The number of nitrogens with one attached hydrogen (secondary N) is 1. The zero-order valence-corrected chi connectivity index (χ0v) is 16.2. The van der Waals surface area contributed by atoms with Crippen LogP contribution in [0.25, 0.3) is 0 Å². The van der Waals surface area contributed by atoms with E-state index >= 15 is 0 Å². The molecule has 0 unspecified atom stereocenters. The summed E-state index contributed by atoms with van der Waals surface area (Å²) in [5.74, 6) is 1.32. The van der Waals surface area contributed by atoms with E-state index in [-0.39, 0.29) is 0 Å². The Hall–Kier alpha value is -2.69. The number of methoxy groups -OCH3 is 1. The Labute approximate surface area is 168 Å². The van der Waals surface area contributed by atoms with Crippen molar-refractivity contribution in [2.75, 3.05) is 12.5 Å².